The Labute approximate surface area is 72.2 Å². The molecule has 0 amide bonds. The maximum Gasteiger partial charge on any atom is 0.435 e. The predicted octanol–water partition coefficient (Wildman–Crippen LogP) is 1.87. The molecular weight excluding hydrogens is 185 g/mol. The molecule has 1 heterocycles. The summed E-state index contributed by atoms with van der Waals surface area (Å²) in [5, 5.41) is 3.12. The Morgan fingerprint density at radius 2 is 2.08 bits per heavy atom. The molecule has 0 aromatic carbocycles. The Bertz CT molecular complexity index is 340. The molecule has 3 nitrogen and oxygen atoms in total. The second-order valence-corrected chi connectivity index (χ2v) is 2.60. The first-order valence-electron chi connectivity index (χ1n) is 3.47. The molecule has 0 saturated carbocycles. The lowest BCUT2D eigenvalue weighted by atomic mass is 10.4. The third-order valence-corrected chi connectivity index (χ3v) is 1.48. The normalized spacial score (nSPS) is 11.8. The van der Waals surface area contributed by atoms with Gasteiger partial charge in [-0.05, 0) is 13.0 Å². The average Bonchev–Trinajstić information content (AvgIpc) is 2.29. The van der Waals surface area contributed by atoms with Crippen LogP contribution >= 0.6 is 0 Å². The van der Waals surface area contributed by atoms with Crippen molar-refractivity contribution >= 4 is 5.91 Å². The first-order valence-corrected chi connectivity index (χ1v) is 3.47. The summed E-state index contributed by atoms with van der Waals surface area (Å²) in [5.74, 6) is -0.534. The minimum atomic E-state index is -4.49. The maximum atomic E-state index is 12.1. The Morgan fingerprint density at radius 3 is 2.31 bits per heavy atom. The largest absolute Gasteiger partial charge is 0.435 e. The van der Waals surface area contributed by atoms with E-state index in [1.165, 1.54) is 6.92 Å². The van der Waals surface area contributed by atoms with E-state index in [1.54, 1.807) is 0 Å². The van der Waals surface area contributed by atoms with Gasteiger partial charge in [0.25, 0.3) is 0 Å². The van der Waals surface area contributed by atoms with E-state index >= 15 is 0 Å². The molecule has 0 radical (unpaired) electrons. The van der Waals surface area contributed by atoms with Crippen molar-refractivity contribution in [3.8, 4) is 0 Å². The number of carbonyl (C=O) groups excluding carboxylic acids is 1. The summed E-state index contributed by atoms with van der Waals surface area (Å²) in [7, 11) is 0. The zero-order valence-corrected chi connectivity index (χ0v) is 7.01. The molecule has 0 atom stereocenters. The van der Waals surface area contributed by atoms with Crippen molar-refractivity contribution in [1.29, 1.82) is 0 Å². The number of aryl methyl sites for hydroxylation is 1. The summed E-state index contributed by atoms with van der Waals surface area (Å²) in [5.41, 5.74) is -0.861. The second-order valence-electron chi connectivity index (χ2n) is 2.60. The van der Waals surface area contributed by atoms with Crippen LogP contribution in [0.15, 0.2) is 6.07 Å². The van der Waals surface area contributed by atoms with Gasteiger partial charge in [-0.3, -0.25) is 4.79 Å². The number of nitrogens with zero attached hydrogens (tertiary/aromatic N) is 2. The van der Waals surface area contributed by atoms with E-state index in [2.05, 4.69) is 5.10 Å². The molecule has 1 aromatic heterocycles. The van der Waals surface area contributed by atoms with Crippen molar-refractivity contribution in [3.05, 3.63) is 17.5 Å². The van der Waals surface area contributed by atoms with Crippen molar-refractivity contribution in [3.63, 3.8) is 0 Å². The van der Waals surface area contributed by atoms with Crippen LogP contribution in [0.25, 0.3) is 0 Å². The van der Waals surface area contributed by atoms with E-state index in [4.69, 9.17) is 0 Å². The Balaban J connectivity index is 3.17. The van der Waals surface area contributed by atoms with Crippen LogP contribution in [-0.2, 0) is 6.18 Å². The number of halogens is 3. The van der Waals surface area contributed by atoms with Gasteiger partial charge < -0.3 is 0 Å². The van der Waals surface area contributed by atoms with Crippen molar-refractivity contribution in [1.82, 2.24) is 9.78 Å². The molecule has 6 heteroatoms. The molecule has 0 N–H and O–H groups in total. The summed E-state index contributed by atoms with van der Waals surface area (Å²) >= 11 is 0. The molecule has 1 rings (SSSR count). The van der Waals surface area contributed by atoms with Gasteiger partial charge in [0.05, 0.1) is 0 Å². The molecule has 1 aromatic rings. The smallest absolute Gasteiger partial charge is 0.273 e. The van der Waals surface area contributed by atoms with Gasteiger partial charge in [0, 0.05) is 12.6 Å². The van der Waals surface area contributed by atoms with E-state index in [0.29, 0.717) is 0 Å². The van der Waals surface area contributed by atoms with Crippen LogP contribution < -0.4 is 0 Å². The lowest BCUT2D eigenvalue weighted by Gasteiger charge is -1.99. The highest BCUT2D eigenvalue weighted by Crippen LogP contribution is 2.28. The molecular formula is C7H7F3N2O. The molecule has 0 aliphatic carbocycles. The number of hydrogen-bond donors (Lipinski definition) is 0. The Kier molecular flexibility index (Phi) is 2.15. The molecule has 0 fully saturated rings. The van der Waals surface area contributed by atoms with Crippen molar-refractivity contribution in [2.75, 3.05) is 0 Å². The van der Waals surface area contributed by atoms with Crippen LogP contribution in [0.3, 0.4) is 0 Å². The zero-order chi connectivity index (χ0) is 10.2. The Morgan fingerprint density at radius 1 is 1.54 bits per heavy atom. The van der Waals surface area contributed by atoms with E-state index < -0.39 is 17.8 Å². The summed E-state index contributed by atoms with van der Waals surface area (Å²) in [6.45, 7) is 2.55. The molecule has 0 unspecified atom stereocenters. The second kappa shape index (κ2) is 2.86. The molecule has 0 bridgehead atoms. The minimum absolute atomic E-state index is 0.180. The third kappa shape index (κ3) is 1.88. The molecule has 0 aliphatic heterocycles. The number of aromatic nitrogens is 2. The van der Waals surface area contributed by atoms with E-state index in [9.17, 15) is 18.0 Å². The lowest BCUT2D eigenvalue weighted by molar-refractivity contribution is -0.141. The third-order valence-electron chi connectivity index (χ3n) is 1.48. The summed E-state index contributed by atoms with van der Waals surface area (Å²) in [6.07, 6.45) is -4.49. The van der Waals surface area contributed by atoms with Crippen LogP contribution in [0, 0.1) is 6.92 Å². The first-order chi connectivity index (χ1) is 5.82. The van der Waals surface area contributed by atoms with Gasteiger partial charge in [-0.15, -0.1) is 0 Å². The van der Waals surface area contributed by atoms with Crippen LogP contribution in [0.4, 0.5) is 13.2 Å². The molecule has 72 valence electrons. The van der Waals surface area contributed by atoms with Gasteiger partial charge in [0.15, 0.2) is 5.69 Å². The number of alkyl halides is 3. The predicted molar refractivity (Wildman–Crippen MR) is 38.3 cm³/mol. The topological polar surface area (TPSA) is 34.9 Å². The molecule has 0 saturated heterocycles. The number of carbonyl (C=O) groups is 1. The fraction of sp³-hybridized carbons (Fsp3) is 0.429. The monoisotopic (exact) mass is 192 g/mol. The first kappa shape index (κ1) is 9.76. The standard InChI is InChI=1S/C7H7F3N2O/c1-4-3-6(7(8,9)10)11-12(4)5(2)13/h3H,1-2H3. The van der Waals surface area contributed by atoms with Crippen molar-refractivity contribution < 1.29 is 18.0 Å². The molecule has 13 heavy (non-hydrogen) atoms. The summed E-state index contributed by atoms with van der Waals surface area (Å²) < 4.78 is 36.9. The highest BCUT2D eigenvalue weighted by Gasteiger charge is 2.34. The molecule has 0 aliphatic rings. The van der Waals surface area contributed by atoms with Gasteiger partial charge in [0.1, 0.15) is 0 Å². The van der Waals surface area contributed by atoms with Crippen LogP contribution in [-0.4, -0.2) is 15.7 Å². The lowest BCUT2D eigenvalue weighted by Crippen LogP contribution is -2.12. The quantitative estimate of drug-likeness (QED) is 0.628. The van der Waals surface area contributed by atoms with Crippen LogP contribution in [0.5, 0.6) is 0 Å². The van der Waals surface area contributed by atoms with E-state index in [1.807, 2.05) is 0 Å². The van der Waals surface area contributed by atoms with Gasteiger partial charge in [0.2, 0.25) is 5.91 Å². The van der Waals surface area contributed by atoms with E-state index in [-0.39, 0.29) is 5.69 Å². The van der Waals surface area contributed by atoms with Gasteiger partial charge in [-0.25, -0.2) is 4.68 Å². The summed E-state index contributed by atoms with van der Waals surface area (Å²) in [4.78, 5) is 10.7. The van der Waals surface area contributed by atoms with Crippen molar-refractivity contribution in [2.45, 2.75) is 20.0 Å². The fourth-order valence-corrected chi connectivity index (χ4v) is 0.932. The van der Waals surface area contributed by atoms with Crippen molar-refractivity contribution in [2.24, 2.45) is 0 Å². The van der Waals surface area contributed by atoms with Crippen LogP contribution in [0.2, 0.25) is 0 Å². The Hall–Kier alpha value is -1.33. The SMILES string of the molecule is CC(=O)n1nc(C(F)(F)F)cc1C. The number of rotatable bonds is 0. The zero-order valence-electron chi connectivity index (χ0n) is 7.01. The maximum absolute atomic E-state index is 12.1. The molecule has 0 spiro atoms. The van der Waals surface area contributed by atoms with E-state index in [0.717, 1.165) is 17.7 Å². The minimum Gasteiger partial charge on any atom is -0.273 e. The average molecular weight is 192 g/mol. The summed E-state index contributed by atoms with van der Waals surface area (Å²) in [6, 6.07) is 0.835. The van der Waals surface area contributed by atoms with Gasteiger partial charge >= 0.3 is 6.18 Å². The number of hydrogen-bond acceptors (Lipinski definition) is 2. The highest BCUT2D eigenvalue weighted by molar-refractivity contribution is 5.75. The fourth-order valence-electron chi connectivity index (χ4n) is 0.932. The van der Waals surface area contributed by atoms with Crippen LogP contribution in [0.1, 0.15) is 23.1 Å². The highest BCUT2D eigenvalue weighted by atomic mass is 19.4. The van der Waals surface area contributed by atoms with Gasteiger partial charge in [-0.1, -0.05) is 0 Å². The van der Waals surface area contributed by atoms with Gasteiger partial charge in [-0.2, -0.15) is 18.3 Å².